The first-order valence-corrected chi connectivity index (χ1v) is 13.1. The summed E-state index contributed by atoms with van der Waals surface area (Å²) in [5.41, 5.74) is 0. The Bertz CT molecular complexity index is 1370. The average Bonchev–Trinajstić information content (AvgIpc) is 3.62. The van der Waals surface area contributed by atoms with Crippen molar-refractivity contribution in [1.82, 2.24) is 0 Å². The SMILES string of the molecule is O=C(Oc1cccc2ccccc12)C1C2CC(C3CCCC32)C1C(=O)Oc1cccc2ccccc12. The summed E-state index contributed by atoms with van der Waals surface area (Å²) in [6.07, 6.45) is 4.39. The summed E-state index contributed by atoms with van der Waals surface area (Å²) in [7, 11) is 0. The van der Waals surface area contributed by atoms with Crippen molar-refractivity contribution in [2.75, 3.05) is 0 Å². The molecule has 4 aromatic rings. The van der Waals surface area contributed by atoms with E-state index in [1.165, 1.54) is 6.42 Å². The number of hydrogen-bond acceptors (Lipinski definition) is 4. The van der Waals surface area contributed by atoms with Gasteiger partial charge >= 0.3 is 11.9 Å². The molecule has 3 saturated carbocycles. The van der Waals surface area contributed by atoms with Crippen LogP contribution in [0.1, 0.15) is 25.7 Å². The highest BCUT2D eigenvalue weighted by Crippen LogP contribution is 2.63. The number of carbonyl (C=O) groups excluding carboxylic acids is 2. The minimum Gasteiger partial charge on any atom is -0.426 e. The predicted molar refractivity (Wildman–Crippen MR) is 139 cm³/mol. The predicted octanol–water partition coefficient (Wildman–Crippen LogP) is 6.80. The van der Waals surface area contributed by atoms with E-state index in [-0.39, 0.29) is 23.8 Å². The first-order valence-electron chi connectivity index (χ1n) is 13.1. The minimum absolute atomic E-state index is 0.190. The number of benzene rings is 4. The van der Waals surface area contributed by atoms with Gasteiger partial charge in [0.1, 0.15) is 11.5 Å². The lowest BCUT2D eigenvalue weighted by Crippen LogP contribution is -2.44. The van der Waals surface area contributed by atoms with Crippen molar-refractivity contribution >= 4 is 33.5 Å². The molecule has 4 heteroatoms. The van der Waals surface area contributed by atoms with Crippen LogP contribution in [0.25, 0.3) is 21.5 Å². The van der Waals surface area contributed by atoms with Gasteiger partial charge in [-0.15, -0.1) is 0 Å². The van der Waals surface area contributed by atoms with E-state index in [1.54, 1.807) is 0 Å². The second-order valence-electron chi connectivity index (χ2n) is 10.7. The van der Waals surface area contributed by atoms with Gasteiger partial charge in [0.2, 0.25) is 0 Å². The van der Waals surface area contributed by atoms with Crippen LogP contribution in [0.15, 0.2) is 84.9 Å². The molecule has 0 spiro atoms. The van der Waals surface area contributed by atoms with Crippen molar-refractivity contribution < 1.29 is 19.1 Å². The van der Waals surface area contributed by atoms with E-state index < -0.39 is 11.8 Å². The van der Waals surface area contributed by atoms with Crippen LogP contribution in [0.5, 0.6) is 11.5 Å². The Kier molecular flexibility index (Phi) is 5.09. The Morgan fingerprint density at radius 1 is 0.556 bits per heavy atom. The van der Waals surface area contributed by atoms with E-state index in [2.05, 4.69) is 0 Å². The Balaban J connectivity index is 1.22. The van der Waals surface area contributed by atoms with Crippen molar-refractivity contribution in [3.05, 3.63) is 84.9 Å². The fourth-order valence-electron chi connectivity index (χ4n) is 7.67. The fourth-order valence-corrected chi connectivity index (χ4v) is 7.67. The number of rotatable bonds is 4. The summed E-state index contributed by atoms with van der Waals surface area (Å²) < 4.78 is 12.1. The van der Waals surface area contributed by atoms with Crippen LogP contribution >= 0.6 is 0 Å². The molecule has 7 rings (SSSR count). The normalized spacial score (nSPS) is 28.3. The number of fused-ring (bicyclic) bond motifs is 7. The molecule has 180 valence electrons. The lowest BCUT2D eigenvalue weighted by Gasteiger charge is -2.35. The third-order valence-electron chi connectivity index (χ3n) is 9.04. The molecule has 0 aliphatic heterocycles. The smallest absolute Gasteiger partial charge is 0.315 e. The summed E-state index contributed by atoms with van der Waals surface area (Å²) in [5, 5.41) is 3.87. The van der Waals surface area contributed by atoms with Gasteiger partial charge in [0.25, 0.3) is 0 Å². The first-order chi connectivity index (χ1) is 17.7. The highest BCUT2D eigenvalue weighted by Gasteiger charge is 2.64. The monoisotopic (exact) mass is 476 g/mol. The third-order valence-corrected chi connectivity index (χ3v) is 9.04. The van der Waals surface area contributed by atoms with Gasteiger partial charge in [-0.2, -0.15) is 0 Å². The zero-order valence-electron chi connectivity index (χ0n) is 20.0. The molecule has 2 bridgehead atoms. The van der Waals surface area contributed by atoms with E-state index in [0.29, 0.717) is 23.3 Å². The van der Waals surface area contributed by atoms with E-state index in [4.69, 9.17) is 9.47 Å². The summed E-state index contributed by atoms with van der Waals surface area (Å²) in [4.78, 5) is 27.6. The highest BCUT2D eigenvalue weighted by molar-refractivity contribution is 5.94. The lowest BCUT2D eigenvalue weighted by molar-refractivity contribution is -0.155. The van der Waals surface area contributed by atoms with Gasteiger partial charge in [0.05, 0.1) is 11.8 Å². The standard InChI is InChI=1S/C32H28O4/c33-31(35-27-16-5-10-19-8-1-3-12-21(19)27)29-25-18-26(24-15-7-14-23(24)25)30(29)32(34)36-28-17-6-11-20-9-2-4-13-22(20)28/h1-6,8-13,16-17,23-26,29-30H,7,14-15,18H2. The Morgan fingerprint density at radius 3 is 1.50 bits per heavy atom. The molecule has 0 aromatic heterocycles. The molecule has 4 aromatic carbocycles. The van der Waals surface area contributed by atoms with Crippen molar-refractivity contribution in [3.8, 4) is 11.5 Å². The number of ether oxygens (including phenoxy) is 2. The minimum atomic E-state index is -0.462. The zero-order chi connectivity index (χ0) is 24.2. The molecular formula is C32H28O4. The summed E-state index contributed by atoms with van der Waals surface area (Å²) in [6, 6.07) is 27.3. The molecule has 3 aliphatic rings. The second-order valence-corrected chi connectivity index (χ2v) is 10.7. The number of esters is 2. The van der Waals surface area contributed by atoms with E-state index in [0.717, 1.165) is 40.8 Å². The van der Waals surface area contributed by atoms with Crippen LogP contribution in [-0.2, 0) is 9.59 Å². The molecule has 36 heavy (non-hydrogen) atoms. The van der Waals surface area contributed by atoms with Crippen molar-refractivity contribution in [1.29, 1.82) is 0 Å². The van der Waals surface area contributed by atoms with Gasteiger partial charge in [0.15, 0.2) is 0 Å². The van der Waals surface area contributed by atoms with Crippen molar-refractivity contribution in [2.45, 2.75) is 25.7 Å². The number of carbonyl (C=O) groups is 2. The topological polar surface area (TPSA) is 52.6 Å². The molecule has 6 unspecified atom stereocenters. The molecule has 0 heterocycles. The van der Waals surface area contributed by atoms with Crippen LogP contribution < -0.4 is 9.47 Å². The van der Waals surface area contributed by atoms with Gasteiger partial charge in [-0.3, -0.25) is 9.59 Å². The highest BCUT2D eigenvalue weighted by atomic mass is 16.5. The maximum absolute atomic E-state index is 13.8. The Hall–Kier alpha value is -3.66. The van der Waals surface area contributed by atoms with Crippen LogP contribution in [0.4, 0.5) is 0 Å². The summed E-state index contributed by atoms with van der Waals surface area (Å²) in [6.45, 7) is 0. The van der Waals surface area contributed by atoms with E-state index >= 15 is 0 Å². The lowest BCUT2D eigenvalue weighted by atomic mass is 9.69. The fraction of sp³-hybridized carbons (Fsp3) is 0.312. The molecule has 3 aliphatic carbocycles. The zero-order valence-corrected chi connectivity index (χ0v) is 20.0. The van der Waals surface area contributed by atoms with Crippen LogP contribution in [-0.4, -0.2) is 11.9 Å². The third kappa shape index (κ3) is 3.35. The molecule has 0 saturated heterocycles. The van der Waals surface area contributed by atoms with Crippen molar-refractivity contribution in [3.63, 3.8) is 0 Å². The Morgan fingerprint density at radius 2 is 1.00 bits per heavy atom. The Labute approximate surface area is 210 Å². The van der Waals surface area contributed by atoms with Crippen molar-refractivity contribution in [2.24, 2.45) is 35.5 Å². The van der Waals surface area contributed by atoms with Gasteiger partial charge in [-0.25, -0.2) is 0 Å². The maximum atomic E-state index is 13.8. The first kappa shape index (κ1) is 21.6. The quantitative estimate of drug-likeness (QED) is 0.240. The number of hydrogen-bond donors (Lipinski definition) is 0. The summed E-state index contributed by atoms with van der Waals surface area (Å²) in [5.74, 6) is 1.03. The van der Waals surface area contributed by atoms with Crippen LogP contribution in [0.3, 0.4) is 0 Å². The van der Waals surface area contributed by atoms with Crippen LogP contribution in [0, 0.1) is 35.5 Å². The van der Waals surface area contributed by atoms with E-state index in [9.17, 15) is 9.59 Å². The average molecular weight is 477 g/mol. The van der Waals surface area contributed by atoms with E-state index in [1.807, 2.05) is 84.9 Å². The van der Waals surface area contributed by atoms with Gasteiger partial charge in [-0.05, 0) is 65.8 Å². The molecule has 0 N–H and O–H groups in total. The van der Waals surface area contributed by atoms with Gasteiger partial charge in [-0.1, -0.05) is 79.2 Å². The molecule has 3 fully saturated rings. The molecule has 6 atom stereocenters. The maximum Gasteiger partial charge on any atom is 0.315 e. The second kappa shape index (κ2) is 8.48. The largest absolute Gasteiger partial charge is 0.426 e. The molecule has 4 nitrogen and oxygen atoms in total. The molecule has 0 amide bonds. The van der Waals surface area contributed by atoms with Gasteiger partial charge < -0.3 is 9.47 Å². The van der Waals surface area contributed by atoms with Gasteiger partial charge in [0, 0.05) is 10.8 Å². The molecule has 0 radical (unpaired) electrons. The summed E-state index contributed by atoms with van der Waals surface area (Å²) >= 11 is 0. The molecular weight excluding hydrogens is 448 g/mol. The van der Waals surface area contributed by atoms with Crippen LogP contribution in [0.2, 0.25) is 0 Å².